The fraction of sp³-hybridized carbons (Fsp3) is 0.562. The lowest BCUT2D eigenvalue weighted by Gasteiger charge is -2.43. The van der Waals surface area contributed by atoms with E-state index in [-0.39, 0.29) is 11.3 Å². The van der Waals surface area contributed by atoms with Crippen LogP contribution in [0.4, 0.5) is 13.2 Å². The molecule has 2 rings (SSSR count). The second-order valence-corrected chi connectivity index (χ2v) is 5.88. The Morgan fingerprint density at radius 3 is 2.59 bits per heavy atom. The second kappa shape index (κ2) is 6.69. The van der Waals surface area contributed by atoms with Gasteiger partial charge in [-0.15, -0.1) is 0 Å². The van der Waals surface area contributed by atoms with E-state index >= 15 is 0 Å². The molecule has 0 saturated heterocycles. The van der Waals surface area contributed by atoms with Gasteiger partial charge in [0.1, 0.15) is 0 Å². The Morgan fingerprint density at radius 1 is 1.32 bits per heavy atom. The van der Waals surface area contributed by atoms with Crippen LogP contribution < -0.4 is 11.1 Å². The molecule has 1 aromatic carbocycles. The smallest absolute Gasteiger partial charge is 0.355 e. The average molecular weight is 314 g/mol. The summed E-state index contributed by atoms with van der Waals surface area (Å²) in [7, 11) is 0. The molecule has 3 N–H and O–H groups in total. The molecular formula is C16H21F3N2O. The van der Waals surface area contributed by atoms with E-state index in [9.17, 15) is 18.0 Å². The maximum atomic E-state index is 12.8. The highest BCUT2D eigenvalue weighted by Gasteiger charge is 2.40. The van der Waals surface area contributed by atoms with Gasteiger partial charge in [-0.05, 0) is 37.4 Å². The van der Waals surface area contributed by atoms with Crippen LogP contribution in [0.5, 0.6) is 0 Å². The summed E-state index contributed by atoms with van der Waals surface area (Å²) in [6.07, 6.45) is -0.811. The fourth-order valence-corrected chi connectivity index (χ4v) is 2.82. The molecule has 0 heterocycles. The molecule has 1 aliphatic carbocycles. The highest BCUT2D eigenvalue weighted by atomic mass is 19.4. The highest BCUT2D eigenvalue weighted by Crippen LogP contribution is 2.44. The third kappa shape index (κ3) is 3.80. The Hall–Kier alpha value is -1.56. The maximum absolute atomic E-state index is 12.8. The minimum atomic E-state index is -4.34. The predicted molar refractivity (Wildman–Crippen MR) is 78.3 cm³/mol. The van der Waals surface area contributed by atoms with Crippen LogP contribution in [0.15, 0.2) is 24.3 Å². The number of carbonyl (C=O) groups is 1. The Morgan fingerprint density at radius 2 is 2.05 bits per heavy atom. The number of carbonyl (C=O) groups excluding carboxylic acids is 1. The van der Waals surface area contributed by atoms with Crippen molar-refractivity contribution in [2.24, 2.45) is 5.73 Å². The molecule has 1 fully saturated rings. The van der Waals surface area contributed by atoms with Crippen molar-refractivity contribution in [2.75, 3.05) is 13.1 Å². The van der Waals surface area contributed by atoms with E-state index in [1.807, 2.05) is 0 Å². The lowest BCUT2D eigenvalue weighted by molar-refractivity contribution is -0.137. The molecule has 0 bridgehead atoms. The molecule has 122 valence electrons. The maximum Gasteiger partial charge on any atom is 0.416 e. The molecule has 0 aliphatic heterocycles. The fourth-order valence-electron chi connectivity index (χ4n) is 2.82. The zero-order chi connectivity index (χ0) is 16.2. The van der Waals surface area contributed by atoms with Gasteiger partial charge in [0.2, 0.25) is 5.91 Å². The van der Waals surface area contributed by atoms with Crippen LogP contribution in [-0.4, -0.2) is 19.0 Å². The number of halogens is 3. The number of hydrogen-bond acceptors (Lipinski definition) is 2. The first-order valence-electron chi connectivity index (χ1n) is 7.52. The van der Waals surface area contributed by atoms with E-state index in [1.54, 1.807) is 6.07 Å². The quantitative estimate of drug-likeness (QED) is 0.848. The Bertz CT molecular complexity index is 524. The molecule has 0 atom stereocenters. The summed E-state index contributed by atoms with van der Waals surface area (Å²) in [5.41, 5.74) is 5.02. The summed E-state index contributed by atoms with van der Waals surface area (Å²) in [5.74, 6) is -0.0938. The van der Waals surface area contributed by atoms with E-state index in [0.717, 1.165) is 25.3 Å². The first kappa shape index (κ1) is 16.8. The van der Waals surface area contributed by atoms with Crippen LogP contribution >= 0.6 is 0 Å². The van der Waals surface area contributed by atoms with Gasteiger partial charge in [-0.1, -0.05) is 24.6 Å². The van der Waals surface area contributed by atoms with Crippen LogP contribution in [0, 0.1) is 0 Å². The van der Waals surface area contributed by atoms with Gasteiger partial charge >= 0.3 is 6.18 Å². The zero-order valence-corrected chi connectivity index (χ0v) is 12.4. The van der Waals surface area contributed by atoms with Gasteiger partial charge in [0.05, 0.1) is 5.56 Å². The standard InChI is InChI=1S/C16H21F3N2O/c17-16(18,19)13-5-1-4-12(10-13)15(7-3-8-15)11-21-14(22)6-2-9-20/h1,4-5,10H,2-3,6-9,11,20H2,(H,21,22). The number of nitrogens with two attached hydrogens (primary N) is 1. The molecule has 0 spiro atoms. The van der Waals surface area contributed by atoms with Gasteiger partial charge in [-0.3, -0.25) is 4.79 Å². The topological polar surface area (TPSA) is 55.1 Å². The Balaban J connectivity index is 2.09. The molecule has 0 unspecified atom stereocenters. The number of hydrogen-bond donors (Lipinski definition) is 2. The molecule has 0 radical (unpaired) electrons. The average Bonchev–Trinajstić information content (AvgIpc) is 2.43. The lowest BCUT2D eigenvalue weighted by atomic mass is 9.64. The van der Waals surface area contributed by atoms with E-state index < -0.39 is 11.7 Å². The van der Waals surface area contributed by atoms with Crippen LogP contribution in [0.25, 0.3) is 0 Å². The largest absolute Gasteiger partial charge is 0.416 e. The first-order chi connectivity index (χ1) is 10.4. The Labute approximate surface area is 128 Å². The Kier molecular flexibility index (Phi) is 5.11. The summed E-state index contributed by atoms with van der Waals surface area (Å²) in [6, 6.07) is 5.45. The summed E-state index contributed by atoms with van der Waals surface area (Å²) >= 11 is 0. The molecule has 1 amide bonds. The SMILES string of the molecule is NCCCC(=O)NCC1(c2cccc(C(F)(F)F)c2)CCC1. The molecule has 1 aliphatic rings. The lowest BCUT2D eigenvalue weighted by Crippen LogP contribution is -2.45. The molecule has 1 saturated carbocycles. The van der Waals surface area contributed by atoms with Crippen molar-refractivity contribution in [3.05, 3.63) is 35.4 Å². The number of benzene rings is 1. The van der Waals surface area contributed by atoms with E-state index in [1.165, 1.54) is 12.1 Å². The third-order valence-electron chi connectivity index (χ3n) is 4.34. The van der Waals surface area contributed by atoms with Crippen molar-refractivity contribution < 1.29 is 18.0 Å². The van der Waals surface area contributed by atoms with Crippen molar-refractivity contribution in [1.82, 2.24) is 5.32 Å². The van der Waals surface area contributed by atoms with Crippen LogP contribution in [0.1, 0.15) is 43.2 Å². The monoisotopic (exact) mass is 314 g/mol. The normalized spacial score (nSPS) is 16.9. The number of nitrogens with one attached hydrogen (secondary N) is 1. The molecule has 22 heavy (non-hydrogen) atoms. The van der Waals surface area contributed by atoms with Gasteiger partial charge < -0.3 is 11.1 Å². The number of rotatable bonds is 6. The molecule has 1 aromatic rings. The minimum Gasteiger partial charge on any atom is -0.355 e. The van der Waals surface area contributed by atoms with E-state index in [2.05, 4.69) is 5.32 Å². The van der Waals surface area contributed by atoms with Gasteiger partial charge in [0.25, 0.3) is 0 Å². The van der Waals surface area contributed by atoms with E-state index in [0.29, 0.717) is 31.5 Å². The summed E-state index contributed by atoms with van der Waals surface area (Å²) in [5, 5.41) is 2.84. The molecule has 6 heteroatoms. The van der Waals surface area contributed by atoms with Gasteiger partial charge in [-0.25, -0.2) is 0 Å². The first-order valence-corrected chi connectivity index (χ1v) is 7.52. The molecular weight excluding hydrogens is 293 g/mol. The van der Waals surface area contributed by atoms with Gasteiger partial charge in [0.15, 0.2) is 0 Å². The van der Waals surface area contributed by atoms with Crippen LogP contribution in [0.2, 0.25) is 0 Å². The second-order valence-electron chi connectivity index (χ2n) is 5.88. The number of amides is 1. The summed E-state index contributed by atoms with van der Waals surface area (Å²) in [6.45, 7) is 0.837. The molecule has 3 nitrogen and oxygen atoms in total. The summed E-state index contributed by atoms with van der Waals surface area (Å²) in [4.78, 5) is 11.7. The van der Waals surface area contributed by atoms with Crippen molar-refractivity contribution in [1.29, 1.82) is 0 Å². The van der Waals surface area contributed by atoms with Crippen molar-refractivity contribution in [3.63, 3.8) is 0 Å². The van der Waals surface area contributed by atoms with Gasteiger partial charge in [0, 0.05) is 18.4 Å². The van der Waals surface area contributed by atoms with Crippen LogP contribution in [0.3, 0.4) is 0 Å². The minimum absolute atomic E-state index is 0.0938. The van der Waals surface area contributed by atoms with Crippen molar-refractivity contribution in [2.45, 2.75) is 43.7 Å². The third-order valence-corrected chi connectivity index (χ3v) is 4.34. The highest BCUT2D eigenvalue weighted by molar-refractivity contribution is 5.76. The number of alkyl halides is 3. The zero-order valence-electron chi connectivity index (χ0n) is 12.4. The molecule has 0 aromatic heterocycles. The van der Waals surface area contributed by atoms with E-state index in [4.69, 9.17) is 5.73 Å². The van der Waals surface area contributed by atoms with Crippen LogP contribution in [-0.2, 0) is 16.4 Å². The van der Waals surface area contributed by atoms with Gasteiger partial charge in [-0.2, -0.15) is 13.2 Å². The predicted octanol–water partition coefficient (Wildman–Crippen LogP) is 2.98. The summed E-state index contributed by atoms with van der Waals surface area (Å²) < 4.78 is 38.5. The van der Waals surface area contributed by atoms with Crippen molar-refractivity contribution in [3.8, 4) is 0 Å². The van der Waals surface area contributed by atoms with Crippen molar-refractivity contribution >= 4 is 5.91 Å².